The number of benzene rings is 2. The van der Waals surface area contributed by atoms with Crippen LogP contribution in [0.15, 0.2) is 42.5 Å². The van der Waals surface area contributed by atoms with E-state index < -0.39 is 5.54 Å². The zero-order chi connectivity index (χ0) is 18.2. The Labute approximate surface area is 158 Å². The number of likely N-dealkylation sites (N-methyl/N-ethyl adjacent to an activating group) is 1. The normalized spacial score (nSPS) is 22.7. The Morgan fingerprint density at radius 3 is 2.60 bits per heavy atom. The van der Waals surface area contributed by atoms with E-state index in [2.05, 4.69) is 16.3 Å². The second kappa shape index (κ2) is 7.08. The maximum absolute atomic E-state index is 13.3. The summed E-state index contributed by atoms with van der Waals surface area (Å²) >= 11 is 12.1. The molecule has 2 aromatic carbocycles. The smallest absolute Gasteiger partial charge is 0.161 e. The van der Waals surface area contributed by atoms with E-state index >= 15 is 0 Å². The first kappa shape index (κ1) is 18.4. The van der Waals surface area contributed by atoms with Gasteiger partial charge in [0.25, 0.3) is 0 Å². The van der Waals surface area contributed by atoms with Crippen LogP contribution < -0.4 is 5.32 Å². The lowest BCUT2D eigenvalue weighted by Gasteiger charge is -2.42. The highest BCUT2D eigenvalue weighted by Crippen LogP contribution is 2.33. The summed E-state index contributed by atoms with van der Waals surface area (Å²) < 4.78 is 0. The van der Waals surface area contributed by atoms with Gasteiger partial charge in [0.2, 0.25) is 0 Å². The molecule has 0 spiro atoms. The van der Waals surface area contributed by atoms with Crippen molar-refractivity contribution in [3.63, 3.8) is 0 Å². The van der Waals surface area contributed by atoms with Crippen molar-refractivity contribution >= 4 is 29.0 Å². The monoisotopic (exact) mass is 376 g/mol. The SMILES string of the molecule is CN(C)C1Cc2ccccc2[C@](C)(C(=O)Cc2ccc(Cl)c(Cl)c2)N1. The number of Topliss-reactive ketones (excluding diaryl/α,β-unsaturated/α-hetero) is 1. The molecule has 25 heavy (non-hydrogen) atoms. The summed E-state index contributed by atoms with van der Waals surface area (Å²) in [4.78, 5) is 15.4. The molecule has 1 heterocycles. The molecule has 0 fully saturated rings. The van der Waals surface area contributed by atoms with E-state index in [1.54, 1.807) is 12.1 Å². The zero-order valence-corrected chi connectivity index (χ0v) is 16.2. The van der Waals surface area contributed by atoms with Crippen molar-refractivity contribution in [2.24, 2.45) is 0 Å². The molecule has 3 rings (SSSR count). The van der Waals surface area contributed by atoms with Crippen LogP contribution in [0.2, 0.25) is 10.0 Å². The molecule has 0 bridgehead atoms. The highest BCUT2D eigenvalue weighted by atomic mass is 35.5. The van der Waals surface area contributed by atoms with Crippen molar-refractivity contribution in [3.05, 3.63) is 69.2 Å². The van der Waals surface area contributed by atoms with Crippen LogP contribution >= 0.6 is 23.2 Å². The molecule has 0 aromatic heterocycles. The molecule has 5 heteroatoms. The molecular formula is C20H22Cl2N2O. The minimum absolute atomic E-state index is 0.109. The Morgan fingerprint density at radius 2 is 1.92 bits per heavy atom. The zero-order valence-electron chi connectivity index (χ0n) is 14.6. The van der Waals surface area contributed by atoms with E-state index in [1.807, 2.05) is 45.3 Å². The highest BCUT2D eigenvalue weighted by molar-refractivity contribution is 6.42. The van der Waals surface area contributed by atoms with Gasteiger partial charge in [0.05, 0.1) is 16.2 Å². The van der Waals surface area contributed by atoms with Crippen molar-refractivity contribution in [2.75, 3.05) is 14.1 Å². The van der Waals surface area contributed by atoms with Crippen molar-refractivity contribution in [1.29, 1.82) is 0 Å². The lowest BCUT2D eigenvalue weighted by Crippen LogP contribution is -2.60. The number of carbonyl (C=O) groups excluding carboxylic acids is 1. The molecule has 1 aliphatic heterocycles. The molecular weight excluding hydrogens is 355 g/mol. The Morgan fingerprint density at radius 1 is 1.20 bits per heavy atom. The Bertz CT molecular complexity index is 806. The largest absolute Gasteiger partial charge is 0.297 e. The van der Waals surface area contributed by atoms with Gasteiger partial charge in [-0.15, -0.1) is 0 Å². The van der Waals surface area contributed by atoms with Gasteiger partial charge < -0.3 is 0 Å². The third kappa shape index (κ3) is 3.61. The Balaban J connectivity index is 1.95. The first-order chi connectivity index (χ1) is 11.8. The van der Waals surface area contributed by atoms with Crippen LogP contribution in [0.1, 0.15) is 23.6 Å². The van der Waals surface area contributed by atoms with Gasteiger partial charge in [-0.3, -0.25) is 15.0 Å². The van der Waals surface area contributed by atoms with Crippen molar-refractivity contribution in [1.82, 2.24) is 10.2 Å². The number of fused-ring (bicyclic) bond motifs is 1. The molecule has 0 radical (unpaired) electrons. The molecule has 2 aromatic rings. The third-order valence-electron chi connectivity index (χ3n) is 4.95. The van der Waals surface area contributed by atoms with Gasteiger partial charge in [0.15, 0.2) is 5.78 Å². The van der Waals surface area contributed by atoms with E-state index in [-0.39, 0.29) is 11.9 Å². The minimum Gasteiger partial charge on any atom is -0.297 e. The number of hydrogen-bond acceptors (Lipinski definition) is 3. The van der Waals surface area contributed by atoms with Crippen LogP contribution in [0.25, 0.3) is 0 Å². The minimum atomic E-state index is -0.740. The summed E-state index contributed by atoms with van der Waals surface area (Å²) in [5, 5.41) is 4.52. The molecule has 1 unspecified atom stereocenters. The summed E-state index contributed by atoms with van der Waals surface area (Å²) in [6, 6.07) is 13.5. The average molecular weight is 377 g/mol. The second-order valence-corrected chi connectivity index (χ2v) is 7.77. The number of nitrogens with one attached hydrogen (secondary N) is 1. The van der Waals surface area contributed by atoms with Gasteiger partial charge in [0, 0.05) is 12.8 Å². The fourth-order valence-corrected chi connectivity index (χ4v) is 3.73. The van der Waals surface area contributed by atoms with Crippen LogP contribution in [0.4, 0.5) is 0 Å². The number of halogens is 2. The summed E-state index contributed by atoms with van der Waals surface area (Å²) in [5.74, 6) is 0.116. The summed E-state index contributed by atoms with van der Waals surface area (Å²) in [6.07, 6.45) is 1.28. The molecule has 0 aliphatic carbocycles. The molecule has 2 atom stereocenters. The first-order valence-electron chi connectivity index (χ1n) is 8.31. The average Bonchev–Trinajstić information content (AvgIpc) is 2.58. The molecule has 0 saturated heterocycles. The number of carbonyl (C=O) groups is 1. The van der Waals surface area contributed by atoms with Crippen molar-refractivity contribution < 1.29 is 4.79 Å². The molecule has 1 N–H and O–H groups in total. The van der Waals surface area contributed by atoms with Crippen molar-refractivity contribution in [3.8, 4) is 0 Å². The van der Waals surface area contributed by atoms with Gasteiger partial charge >= 0.3 is 0 Å². The fourth-order valence-electron chi connectivity index (χ4n) is 3.41. The number of hydrogen-bond donors (Lipinski definition) is 1. The van der Waals surface area contributed by atoms with Crippen LogP contribution in [0, 0.1) is 0 Å². The van der Waals surface area contributed by atoms with Crippen LogP contribution in [-0.2, 0) is 23.2 Å². The summed E-state index contributed by atoms with van der Waals surface area (Å²) in [6.45, 7) is 1.97. The number of rotatable bonds is 4. The van der Waals surface area contributed by atoms with E-state index in [1.165, 1.54) is 5.56 Å². The molecule has 0 saturated carbocycles. The number of nitrogens with zero attached hydrogens (tertiary/aromatic N) is 1. The van der Waals surface area contributed by atoms with Gasteiger partial charge in [-0.25, -0.2) is 0 Å². The second-order valence-electron chi connectivity index (χ2n) is 6.96. The topological polar surface area (TPSA) is 32.3 Å². The van der Waals surface area contributed by atoms with Crippen LogP contribution in [0.5, 0.6) is 0 Å². The van der Waals surface area contributed by atoms with E-state index in [4.69, 9.17) is 23.2 Å². The predicted octanol–water partition coefficient (Wildman–Crippen LogP) is 4.05. The van der Waals surface area contributed by atoms with E-state index in [0.717, 1.165) is 17.5 Å². The quantitative estimate of drug-likeness (QED) is 0.873. The first-order valence-corrected chi connectivity index (χ1v) is 9.06. The van der Waals surface area contributed by atoms with E-state index in [9.17, 15) is 4.79 Å². The van der Waals surface area contributed by atoms with E-state index in [0.29, 0.717) is 16.5 Å². The third-order valence-corrected chi connectivity index (χ3v) is 5.69. The molecule has 0 amide bonds. The standard InChI is InChI=1S/C20H22Cl2N2O/c1-20(18(25)11-13-8-9-16(21)17(22)10-13)15-7-5-4-6-14(15)12-19(23-20)24(2)3/h4-10,19,23H,11-12H2,1-3H3/t19?,20-/m1/s1. The van der Waals surface area contributed by atoms with Crippen LogP contribution in [0.3, 0.4) is 0 Å². The van der Waals surface area contributed by atoms with Crippen LogP contribution in [-0.4, -0.2) is 30.9 Å². The lowest BCUT2D eigenvalue weighted by atomic mass is 9.78. The maximum atomic E-state index is 13.3. The summed E-state index contributed by atoms with van der Waals surface area (Å²) in [7, 11) is 4.05. The van der Waals surface area contributed by atoms with Crippen molar-refractivity contribution in [2.45, 2.75) is 31.5 Å². The number of ketones is 1. The molecule has 3 nitrogen and oxygen atoms in total. The molecule has 132 valence electrons. The van der Waals surface area contributed by atoms with Gasteiger partial charge in [-0.1, -0.05) is 53.5 Å². The fraction of sp³-hybridized carbons (Fsp3) is 0.350. The van der Waals surface area contributed by atoms with Gasteiger partial charge in [-0.2, -0.15) is 0 Å². The maximum Gasteiger partial charge on any atom is 0.161 e. The van der Waals surface area contributed by atoms with Gasteiger partial charge in [0.1, 0.15) is 5.54 Å². The Hall–Kier alpha value is -1.39. The summed E-state index contributed by atoms with van der Waals surface area (Å²) in [5.41, 5.74) is 2.39. The lowest BCUT2D eigenvalue weighted by molar-refractivity contribution is -0.125. The molecule has 1 aliphatic rings. The highest BCUT2D eigenvalue weighted by Gasteiger charge is 2.41. The Kier molecular flexibility index (Phi) is 5.21. The van der Waals surface area contributed by atoms with Gasteiger partial charge in [-0.05, 0) is 49.8 Å². The predicted molar refractivity (Wildman–Crippen MR) is 103 cm³/mol.